The Kier molecular flexibility index (Phi) is 3.47. The third kappa shape index (κ3) is 2.13. The van der Waals surface area contributed by atoms with Gasteiger partial charge in [-0.3, -0.25) is 0 Å². The lowest BCUT2D eigenvalue weighted by molar-refractivity contribution is -0.147. The van der Waals surface area contributed by atoms with Gasteiger partial charge in [0.05, 0.1) is 0 Å². The molecule has 0 aliphatic heterocycles. The highest BCUT2D eigenvalue weighted by Crippen LogP contribution is 2.26. The van der Waals surface area contributed by atoms with E-state index in [-0.39, 0.29) is 17.8 Å². The van der Waals surface area contributed by atoms with Gasteiger partial charge >= 0.3 is 5.97 Å². The summed E-state index contributed by atoms with van der Waals surface area (Å²) < 4.78 is 27.3. The number of carbonyl (C=O) groups is 1. The van der Waals surface area contributed by atoms with Gasteiger partial charge in [-0.1, -0.05) is 6.92 Å². The molecule has 2 rings (SSSR count). The zero-order chi connectivity index (χ0) is 14.9. The lowest BCUT2D eigenvalue weighted by Crippen LogP contribution is -2.39. The molecule has 2 aromatic rings. The van der Waals surface area contributed by atoms with Gasteiger partial charge in [0, 0.05) is 5.56 Å². The van der Waals surface area contributed by atoms with E-state index in [1.807, 2.05) is 0 Å². The van der Waals surface area contributed by atoms with Gasteiger partial charge in [-0.15, -0.1) is 5.10 Å². The van der Waals surface area contributed by atoms with Crippen LogP contribution in [0.2, 0.25) is 0 Å². The smallest absolute Gasteiger partial charge is 0.331 e. The van der Waals surface area contributed by atoms with Crippen LogP contribution >= 0.6 is 0 Å². The molecule has 0 saturated heterocycles. The fourth-order valence-corrected chi connectivity index (χ4v) is 1.73. The van der Waals surface area contributed by atoms with Gasteiger partial charge in [0.25, 0.3) is 0 Å². The normalized spacial score (nSPS) is 14.0. The summed E-state index contributed by atoms with van der Waals surface area (Å²) in [6.45, 7) is 3.12. The molecule has 0 aliphatic rings. The van der Waals surface area contributed by atoms with E-state index >= 15 is 0 Å². The number of aromatic nitrogens is 4. The fraction of sp³-hybridized carbons (Fsp3) is 0.333. The average molecular weight is 282 g/mol. The molecular formula is C12H12F2N4O2. The van der Waals surface area contributed by atoms with Crippen molar-refractivity contribution in [3.8, 4) is 11.4 Å². The number of carboxylic acid groups (broad SMARTS) is 1. The van der Waals surface area contributed by atoms with E-state index < -0.39 is 23.1 Å². The summed E-state index contributed by atoms with van der Waals surface area (Å²) in [5.41, 5.74) is -1.17. The number of aliphatic carboxylic acids is 1. The quantitative estimate of drug-likeness (QED) is 0.925. The van der Waals surface area contributed by atoms with Crippen molar-refractivity contribution >= 4 is 5.97 Å². The zero-order valence-corrected chi connectivity index (χ0v) is 10.8. The summed E-state index contributed by atoms with van der Waals surface area (Å²) in [6.07, 6.45) is 0.226. The second kappa shape index (κ2) is 4.95. The number of hydrogen-bond donors (Lipinski definition) is 1. The first-order chi connectivity index (χ1) is 9.40. The van der Waals surface area contributed by atoms with Gasteiger partial charge in [0.15, 0.2) is 23.0 Å². The van der Waals surface area contributed by atoms with Crippen LogP contribution in [0.4, 0.5) is 8.78 Å². The van der Waals surface area contributed by atoms with Crippen molar-refractivity contribution in [2.24, 2.45) is 0 Å². The maximum atomic E-state index is 13.3. The van der Waals surface area contributed by atoms with E-state index in [2.05, 4.69) is 15.5 Å². The lowest BCUT2D eigenvalue weighted by atomic mass is 9.99. The first-order valence-corrected chi connectivity index (χ1v) is 5.88. The first-order valence-electron chi connectivity index (χ1n) is 5.88. The predicted octanol–water partition coefficient (Wildman–Crippen LogP) is 1.83. The summed E-state index contributed by atoms with van der Waals surface area (Å²) in [5.74, 6) is -3.10. The molecule has 0 amide bonds. The topological polar surface area (TPSA) is 80.9 Å². The molecule has 0 radical (unpaired) electrons. The lowest BCUT2D eigenvalue weighted by Gasteiger charge is -2.23. The third-order valence-electron chi connectivity index (χ3n) is 3.26. The second-order valence-electron chi connectivity index (χ2n) is 4.48. The summed E-state index contributed by atoms with van der Waals surface area (Å²) >= 11 is 0. The van der Waals surface area contributed by atoms with Crippen LogP contribution in [0.3, 0.4) is 0 Å². The van der Waals surface area contributed by atoms with Crippen LogP contribution in [-0.4, -0.2) is 31.3 Å². The zero-order valence-electron chi connectivity index (χ0n) is 10.8. The summed E-state index contributed by atoms with van der Waals surface area (Å²) in [7, 11) is 0. The summed E-state index contributed by atoms with van der Waals surface area (Å²) in [4.78, 5) is 11.4. The Balaban J connectivity index is 2.58. The minimum Gasteiger partial charge on any atom is -0.479 e. The van der Waals surface area contributed by atoms with Gasteiger partial charge in [0.1, 0.15) is 0 Å². The maximum Gasteiger partial charge on any atom is 0.331 e. The van der Waals surface area contributed by atoms with Crippen LogP contribution in [0, 0.1) is 11.6 Å². The van der Waals surface area contributed by atoms with Crippen LogP contribution in [0.25, 0.3) is 11.4 Å². The molecule has 0 saturated carbocycles. The van der Waals surface area contributed by atoms with Gasteiger partial charge < -0.3 is 5.11 Å². The molecule has 1 unspecified atom stereocenters. The van der Waals surface area contributed by atoms with Crippen molar-refractivity contribution in [2.75, 3.05) is 0 Å². The van der Waals surface area contributed by atoms with Gasteiger partial charge in [0.2, 0.25) is 0 Å². The van der Waals surface area contributed by atoms with Gasteiger partial charge in [-0.2, -0.15) is 0 Å². The number of hydrogen-bond acceptors (Lipinski definition) is 4. The fourth-order valence-electron chi connectivity index (χ4n) is 1.73. The Morgan fingerprint density at radius 2 is 2.10 bits per heavy atom. The van der Waals surface area contributed by atoms with Crippen LogP contribution in [-0.2, 0) is 10.3 Å². The number of rotatable bonds is 4. The molecule has 1 atom stereocenters. The SMILES string of the molecule is CCC(C)(C(=O)O)n1nnnc1-c1ccc(F)c(F)c1. The number of benzene rings is 1. The van der Waals surface area contributed by atoms with Crippen molar-refractivity contribution in [1.29, 1.82) is 0 Å². The molecule has 1 heterocycles. The molecule has 0 fully saturated rings. The molecule has 1 aromatic heterocycles. The minimum atomic E-state index is -1.37. The second-order valence-corrected chi connectivity index (χ2v) is 4.48. The predicted molar refractivity (Wildman–Crippen MR) is 64.7 cm³/mol. The largest absolute Gasteiger partial charge is 0.479 e. The number of halogens is 2. The molecule has 0 bridgehead atoms. The van der Waals surface area contributed by atoms with Crippen LogP contribution in [0.15, 0.2) is 18.2 Å². The highest BCUT2D eigenvalue weighted by molar-refractivity contribution is 5.77. The molecule has 0 aliphatic carbocycles. The number of tetrazole rings is 1. The molecule has 8 heteroatoms. The maximum absolute atomic E-state index is 13.3. The molecule has 1 N–H and O–H groups in total. The summed E-state index contributed by atoms with van der Waals surface area (Å²) in [5, 5.41) is 20.1. The van der Waals surface area contributed by atoms with Crippen LogP contribution in [0.1, 0.15) is 20.3 Å². The van der Waals surface area contributed by atoms with E-state index in [0.29, 0.717) is 0 Å². The third-order valence-corrected chi connectivity index (χ3v) is 3.26. The minimum absolute atomic E-state index is 0.0654. The van der Waals surface area contributed by atoms with Crippen molar-refractivity contribution < 1.29 is 18.7 Å². The summed E-state index contributed by atoms with van der Waals surface area (Å²) in [6, 6.07) is 3.15. The van der Waals surface area contributed by atoms with E-state index in [0.717, 1.165) is 16.8 Å². The van der Waals surface area contributed by atoms with E-state index in [1.54, 1.807) is 6.92 Å². The van der Waals surface area contributed by atoms with Crippen molar-refractivity contribution in [3.63, 3.8) is 0 Å². The Bertz CT molecular complexity index is 659. The number of carboxylic acids is 1. The highest BCUT2D eigenvalue weighted by atomic mass is 19.2. The molecule has 106 valence electrons. The van der Waals surface area contributed by atoms with Gasteiger partial charge in [-0.05, 0) is 42.0 Å². The molecular weight excluding hydrogens is 270 g/mol. The monoisotopic (exact) mass is 282 g/mol. The Hall–Kier alpha value is -2.38. The molecule has 20 heavy (non-hydrogen) atoms. The standard InChI is InChI=1S/C12H12F2N4O2/c1-3-12(2,11(19)20)18-10(15-16-17-18)7-4-5-8(13)9(14)6-7/h4-6H,3H2,1-2H3,(H,19,20). The van der Waals surface area contributed by atoms with Crippen molar-refractivity contribution in [1.82, 2.24) is 20.2 Å². The van der Waals surface area contributed by atoms with Crippen molar-refractivity contribution in [2.45, 2.75) is 25.8 Å². The first kappa shape index (κ1) is 14.0. The Morgan fingerprint density at radius 1 is 1.40 bits per heavy atom. The van der Waals surface area contributed by atoms with E-state index in [9.17, 15) is 18.7 Å². The van der Waals surface area contributed by atoms with E-state index in [4.69, 9.17) is 0 Å². The average Bonchev–Trinajstić information content (AvgIpc) is 2.90. The molecule has 0 spiro atoms. The Morgan fingerprint density at radius 3 is 2.65 bits per heavy atom. The number of nitrogens with zero attached hydrogens (tertiary/aromatic N) is 4. The van der Waals surface area contributed by atoms with Crippen LogP contribution < -0.4 is 0 Å². The van der Waals surface area contributed by atoms with Gasteiger partial charge in [-0.25, -0.2) is 18.3 Å². The molecule has 6 nitrogen and oxygen atoms in total. The Labute approximate surface area is 113 Å². The van der Waals surface area contributed by atoms with E-state index in [1.165, 1.54) is 13.0 Å². The molecule has 1 aromatic carbocycles. The van der Waals surface area contributed by atoms with Crippen molar-refractivity contribution in [3.05, 3.63) is 29.8 Å². The van der Waals surface area contributed by atoms with Crippen LogP contribution in [0.5, 0.6) is 0 Å². The highest BCUT2D eigenvalue weighted by Gasteiger charge is 2.37.